The Balaban J connectivity index is 1.39. The Morgan fingerprint density at radius 2 is 1.74 bits per heavy atom. The van der Waals surface area contributed by atoms with Crippen molar-refractivity contribution in [2.75, 3.05) is 57.0 Å². The lowest BCUT2D eigenvalue weighted by Gasteiger charge is -2.34. The summed E-state index contributed by atoms with van der Waals surface area (Å²) in [6, 6.07) is 11.5. The Labute approximate surface area is 221 Å². The lowest BCUT2D eigenvalue weighted by Crippen LogP contribution is -2.49. The van der Waals surface area contributed by atoms with Gasteiger partial charge in [-0.2, -0.15) is 0 Å². The van der Waals surface area contributed by atoms with E-state index in [-0.39, 0.29) is 5.91 Å². The van der Waals surface area contributed by atoms with Gasteiger partial charge in [-0.15, -0.1) is 0 Å². The highest BCUT2D eigenvalue weighted by Crippen LogP contribution is 2.23. The number of hydrogen-bond acceptors (Lipinski definition) is 10. The summed E-state index contributed by atoms with van der Waals surface area (Å²) in [5, 5.41) is 9.36. The number of nitrogens with one attached hydrogen (secondary N) is 3. The zero-order valence-electron chi connectivity index (χ0n) is 21.4. The van der Waals surface area contributed by atoms with E-state index in [1.165, 1.54) is 12.7 Å². The van der Waals surface area contributed by atoms with Crippen LogP contribution in [0, 0.1) is 0 Å². The molecular weight excluding hydrogens is 484 g/mol. The van der Waals surface area contributed by atoms with Crippen LogP contribution >= 0.6 is 0 Å². The minimum atomic E-state index is -0.692. The molecule has 38 heavy (non-hydrogen) atoms. The molecule has 8 rings (SSSR count). The highest BCUT2D eigenvalue weighted by molar-refractivity contribution is 5.80. The van der Waals surface area contributed by atoms with Gasteiger partial charge in [-0.3, -0.25) is 14.6 Å². The minimum absolute atomic E-state index is 0.0600. The molecular formula is C27H32N8O3. The highest BCUT2D eigenvalue weighted by Gasteiger charge is 2.22. The molecule has 1 atom stereocenters. The first-order valence-corrected chi connectivity index (χ1v) is 12.8. The van der Waals surface area contributed by atoms with E-state index < -0.39 is 12.0 Å². The maximum Gasteiger partial charge on any atom is 0.328 e. The lowest BCUT2D eigenvalue weighted by atomic mass is 10.1. The molecule has 1 unspecified atom stereocenters. The predicted molar refractivity (Wildman–Crippen MR) is 144 cm³/mol. The molecule has 3 N–H and O–H groups in total. The number of pyridine rings is 1. The van der Waals surface area contributed by atoms with E-state index in [4.69, 9.17) is 4.74 Å². The van der Waals surface area contributed by atoms with Gasteiger partial charge in [-0.05, 0) is 41.8 Å². The second-order valence-electron chi connectivity index (χ2n) is 9.46. The fraction of sp³-hybridized carbons (Fsp3) is 0.370. The van der Waals surface area contributed by atoms with E-state index >= 15 is 0 Å². The Morgan fingerprint density at radius 3 is 2.50 bits per heavy atom. The number of anilines is 3. The summed E-state index contributed by atoms with van der Waals surface area (Å²) < 4.78 is 4.94. The number of esters is 1. The standard InChI is InChI=1S/C27H32N8O3/c1-38-26(37)23-6-8-29-25(36)18-35-11-9-34(10-12-35)17-19-3-2-4-22(13-19)32-24-14-20(5-7-28-24)21-15-30-27(33-23)31-16-21/h2-5,7,13-16,23H,6,8-12,17-18H2,1H3,(H,28,32)(H,29,36)(H,30,31,33). The van der Waals surface area contributed by atoms with Crippen molar-refractivity contribution in [1.82, 2.24) is 30.1 Å². The molecule has 5 aliphatic heterocycles. The molecule has 11 nitrogen and oxygen atoms in total. The van der Waals surface area contributed by atoms with Crippen LogP contribution in [0.4, 0.5) is 17.5 Å². The van der Waals surface area contributed by atoms with Crippen molar-refractivity contribution >= 4 is 29.3 Å². The fourth-order valence-electron chi connectivity index (χ4n) is 4.65. The van der Waals surface area contributed by atoms with Crippen LogP contribution in [-0.4, -0.2) is 89.0 Å². The van der Waals surface area contributed by atoms with E-state index in [1.807, 2.05) is 24.3 Å². The maximum absolute atomic E-state index is 12.5. The molecule has 1 aromatic carbocycles. The monoisotopic (exact) mass is 516 g/mol. The summed E-state index contributed by atoms with van der Waals surface area (Å²) in [7, 11) is 1.33. The third-order valence-corrected chi connectivity index (χ3v) is 6.73. The van der Waals surface area contributed by atoms with Gasteiger partial charge in [0, 0.05) is 69.1 Å². The fourth-order valence-corrected chi connectivity index (χ4v) is 4.65. The largest absolute Gasteiger partial charge is 0.467 e. The molecule has 1 saturated heterocycles. The van der Waals surface area contributed by atoms with Gasteiger partial charge < -0.3 is 20.7 Å². The number of carbonyl (C=O) groups is 2. The Hall–Kier alpha value is -4.09. The van der Waals surface area contributed by atoms with Crippen molar-refractivity contribution < 1.29 is 14.3 Å². The molecule has 0 saturated carbocycles. The predicted octanol–water partition coefficient (Wildman–Crippen LogP) is 1.87. The highest BCUT2D eigenvalue weighted by atomic mass is 16.5. The van der Waals surface area contributed by atoms with Gasteiger partial charge in [0.2, 0.25) is 11.9 Å². The first-order chi connectivity index (χ1) is 18.6. The molecule has 11 heteroatoms. The van der Waals surface area contributed by atoms with Gasteiger partial charge in [0.15, 0.2) is 0 Å². The molecule has 1 fully saturated rings. The number of rotatable bonds is 1. The molecule has 0 aliphatic carbocycles. The van der Waals surface area contributed by atoms with Gasteiger partial charge >= 0.3 is 5.97 Å². The summed E-state index contributed by atoms with van der Waals surface area (Å²) in [6.45, 7) is 4.92. The van der Waals surface area contributed by atoms with E-state index in [9.17, 15) is 9.59 Å². The minimum Gasteiger partial charge on any atom is -0.467 e. The third-order valence-electron chi connectivity index (χ3n) is 6.73. The molecule has 3 aromatic rings. The average Bonchev–Trinajstić information content (AvgIpc) is 2.93. The molecule has 198 valence electrons. The van der Waals surface area contributed by atoms with Crippen LogP contribution in [0.1, 0.15) is 12.0 Å². The van der Waals surface area contributed by atoms with E-state index in [0.717, 1.165) is 55.4 Å². The van der Waals surface area contributed by atoms with E-state index in [0.29, 0.717) is 25.5 Å². The number of hydrogen-bond donors (Lipinski definition) is 3. The summed E-state index contributed by atoms with van der Waals surface area (Å²) >= 11 is 0. The first kappa shape index (κ1) is 25.6. The van der Waals surface area contributed by atoms with Crippen LogP contribution in [0.25, 0.3) is 11.1 Å². The average molecular weight is 517 g/mol. The summed E-state index contributed by atoms with van der Waals surface area (Å²) in [4.78, 5) is 42.7. The second-order valence-corrected chi connectivity index (χ2v) is 9.46. The van der Waals surface area contributed by atoms with Crippen LogP contribution < -0.4 is 16.0 Å². The van der Waals surface area contributed by atoms with E-state index in [1.54, 1.807) is 18.6 Å². The van der Waals surface area contributed by atoms with Crippen molar-refractivity contribution in [2.45, 2.75) is 19.0 Å². The molecule has 8 bridgehead atoms. The van der Waals surface area contributed by atoms with Gasteiger partial charge in [0.25, 0.3) is 0 Å². The van der Waals surface area contributed by atoms with Crippen molar-refractivity contribution in [2.24, 2.45) is 0 Å². The number of methoxy groups -OCH3 is 1. The van der Waals surface area contributed by atoms with Gasteiger partial charge in [0.05, 0.1) is 13.7 Å². The lowest BCUT2D eigenvalue weighted by molar-refractivity contribution is -0.141. The zero-order chi connectivity index (χ0) is 26.3. The Morgan fingerprint density at radius 1 is 0.974 bits per heavy atom. The number of aromatic nitrogens is 3. The SMILES string of the molecule is COC(=O)C1CCNC(=O)CN2CCN(CC2)Cc2cccc(c2)Nc2cc(ccn2)-c2cnc(nc2)N1. The topological polar surface area (TPSA) is 125 Å². The Bertz CT molecular complexity index is 1260. The molecule has 0 spiro atoms. The number of ether oxygens (including phenoxy) is 1. The van der Waals surface area contributed by atoms with Crippen LogP contribution in [0.3, 0.4) is 0 Å². The first-order valence-electron chi connectivity index (χ1n) is 12.8. The second kappa shape index (κ2) is 12.0. The summed E-state index contributed by atoms with van der Waals surface area (Å²) in [6.07, 6.45) is 5.48. The molecule has 1 amide bonds. The van der Waals surface area contributed by atoms with Gasteiger partial charge in [-0.1, -0.05) is 12.1 Å². The van der Waals surface area contributed by atoms with Gasteiger partial charge in [0.1, 0.15) is 11.9 Å². The van der Waals surface area contributed by atoms with Crippen molar-refractivity contribution in [3.05, 3.63) is 60.6 Å². The normalized spacial score (nSPS) is 22.0. The van der Waals surface area contributed by atoms with Crippen LogP contribution in [-0.2, 0) is 20.9 Å². The third kappa shape index (κ3) is 6.61. The molecule has 5 aliphatic rings. The number of nitrogens with zero attached hydrogens (tertiary/aromatic N) is 5. The van der Waals surface area contributed by atoms with Crippen LogP contribution in [0.15, 0.2) is 55.0 Å². The number of benzene rings is 1. The maximum atomic E-state index is 12.5. The smallest absolute Gasteiger partial charge is 0.328 e. The number of carbonyl (C=O) groups excluding carboxylic acids is 2. The van der Waals surface area contributed by atoms with Crippen LogP contribution in [0.2, 0.25) is 0 Å². The Kier molecular flexibility index (Phi) is 8.05. The zero-order valence-corrected chi connectivity index (χ0v) is 21.4. The molecule has 7 heterocycles. The van der Waals surface area contributed by atoms with Crippen LogP contribution in [0.5, 0.6) is 0 Å². The summed E-state index contributed by atoms with van der Waals surface area (Å²) in [5.41, 5.74) is 3.90. The number of amides is 1. The summed E-state index contributed by atoms with van der Waals surface area (Å²) in [5.74, 6) is 0.519. The molecule has 2 aromatic heterocycles. The van der Waals surface area contributed by atoms with E-state index in [2.05, 4.69) is 52.8 Å². The van der Waals surface area contributed by atoms with Crippen molar-refractivity contribution in [3.63, 3.8) is 0 Å². The quantitative estimate of drug-likeness (QED) is 0.413. The molecule has 0 radical (unpaired) electrons. The van der Waals surface area contributed by atoms with Crippen molar-refractivity contribution in [3.8, 4) is 11.1 Å². The number of piperazine rings is 1. The van der Waals surface area contributed by atoms with Gasteiger partial charge in [-0.25, -0.2) is 19.7 Å². The van der Waals surface area contributed by atoms with Crippen molar-refractivity contribution in [1.29, 1.82) is 0 Å².